The minimum absolute atomic E-state index is 0.113. The van der Waals surface area contributed by atoms with Crippen molar-refractivity contribution < 1.29 is 9.59 Å². The Morgan fingerprint density at radius 3 is 1.82 bits per heavy atom. The highest BCUT2D eigenvalue weighted by Gasteiger charge is 2.08. The highest BCUT2D eigenvalue weighted by molar-refractivity contribution is 6.29. The smallest absolute Gasteiger partial charge is 0.239 e. The zero-order valence-electron chi connectivity index (χ0n) is 9.22. The Bertz CT molecular complexity index is 399. The lowest BCUT2D eigenvalue weighted by molar-refractivity contribution is -0.114. The first kappa shape index (κ1) is 13.8. The van der Waals surface area contributed by atoms with E-state index < -0.39 is 0 Å². The maximum atomic E-state index is 11.2. The molecule has 0 aromatic heterocycles. The van der Waals surface area contributed by atoms with E-state index in [4.69, 9.17) is 23.2 Å². The van der Waals surface area contributed by atoms with Crippen LogP contribution in [0.3, 0.4) is 0 Å². The van der Waals surface area contributed by atoms with Crippen LogP contribution in [0.25, 0.3) is 0 Å². The first-order valence-corrected chi connectivity index (χ1v) is 5.96. The molecule has 1 aromatic carbocycles. The van der Waals surface area contributed by atoms with Gasteiger partial charge in [0.15, 0.2) is 0 Å². The Kier molecular flexibility index (Phi) is 5.25. The van der Waals surface area contributed by atoms with E-state index in [1.807, 2.05) is 0 Å². The van der Waals surface area contributed by atoms with E-state index in [9.17, 15) is 9.59 Å². The minimum atomic E-state index is -0.296. The van der Waals surface area contributed by atoms with E-state index in [2.05, 4.69) is 10.6 Å². The van der Waals surface area contributed by atoms with Gasteiger partial charge >= 0.3 is 0 Å². The second-order valence-electron chi connectivity index (χ2n) is 3.34. The second-order valence-corrected chi connectivity index (χ2v) is 3.88. The summed E-state index contributed by atoms with van der Waals surface area (Å²) in [6, 6.07) is 5.19. The Morgan fingerprint density at radius 1 is 1.06 bits per heavy atom. The second kappa shape index (κ2) is 6.47. The number of rotatable bonds is 4. The molecule has 0 heterocycles. The normalized spacial score (nSPS) is 9.82. The fourth-order valence-electron chi connectivity index (χ4n) is 1.27. The van der Waals surface area contributed by atoms with Crippen molar-refractivity contribution in [1.29, 1.82) is 0 Å². The molecule has 0 aliphatic carbocycles. The highest BCUT2D eigenvalue weighted by Crippen LogP contribution is 2.23. The molecule has 0 saturated heterocycles. The fraction of sp³-hybridized carbons (Fsp3) is 0.273. The third-order valence-electron chi connectivity index (χ3n) is 2.12. The lowest BCUT2D eigenvalue weighted by Crippen LogP contribution is -2.16. The number of nitrogens with one attached hydrogen (secondary N) is 2. The molecule has 2 amide bonds. The predicted molar refractivity (Wildman–Crippen MR) is 69.9 cm³/mol. The van der Waals surface area contributed by atoms with Crippen LogP contribution >= 0.6 is 23.2 Å². The minimum Gasteiger partial charge on any atom is -0.325 e. The van der Waals surface area contributed by atoms with Crippen molar-refractivity contribution in [3.8, 4) is 0 Å². The van der Waals surface area contributed by atoms with Crippen LogP contribution in [0.4, 0.5) is 11.4 Å². The van der Waals surface area contributed by atoms with Crippen molar-refractivity contribution in [2.45, 2.75) is 6.92 Å². The van der Waals surface area contributed by atoms with Gasteiger partial charge in [-0.25, -0.2) is 0 Å². The van der Waals surface area contributed by atoms with Crippen LogP contribution in [0.15, 0.2) is 18.2 Å². The summed E-state index contributed by atoms with van der Waals surface area (Å²) in [6.07, 6.45) is 0. The molecule has 2 N–H and O–H groups in total. The Hall–Kier alpha value is -1.26. The molecule has 0 unspecified atom stereocenters. The van der Waals surface area contributed by atoms with E-state index in [0.29, 0.717) is 11.4 Å². The maximum absolute atomic E-state index is 11.2. The molecule has 0 fully saturated rings. The number of carbonyl (C=O) groups is 2. The lowest BCUT2D eigenvalue weighted by Gasteiger charge is -2.12. The van der Waals surface area contributed by atoms with Crippen LogP contribution < -0.4 is 10.6 Å². The largest absolute Gasteiger partial charge is 0.325 e. The van der Waals surface area contributed by atoms with Crippen LogP contribution in [0, 0.1) is 6.92 Å². The predicted octanol–water partition coefficient (Wildman–Crippen LogP) is 2.35. The Morgan fingerprint density at radius 2 is 1.47 bits per heavy atom. The molecular weight excluding hydrogens is 263 g/mol. The van der Waals surface area contributed by atoms with Gasteiger partial charge in [-0.1, -0.05) is 6.07 Å². The van der Waals surface area contributed by atoms with Crippen molar-refractivity contribution in [3.63, 3.8) is 0 Å². The van der Waals surface area contributed by atoms with Gasteiger partial charge in [-0.2, -0.15) is 0 Å². The van der Waals surface area contributed by atoms with Crippen molar-refractivity contribution in [1.82, 2.24) is 0 Å². The average Bonchev–Trinajstić information content (AvgIpc) is 2.33. The number of halogens is 2. The Balaban J connectivity index is 2.91. The molecule has 0 saturated carbocycles. The van der Waals surface area contributed by atoms with Gasteiger partial charge in [-0.15, -0.1) is 23.2 Å². The van der Waals surface area contributed by atoms with E-state index in [1.54, 1.807) is 25.1 Å². The molecule has 0 bridgehead atoms. The number of anilines is 2. The van der Waals surface area contributed by atoms with Gasteiger partial charge in [0, 0.05) is 11.4 Å². The highest BCUT2D eigenvalue weighted by atomic mass is 35.5. The van der Waals surface area contributed by atoms with Gasteiger partial charge in [0.1, 0.15) is 11.8 Å². The van der Waals surface area contributed by atoms with Crippen LogP contribution in [-0.4, -0.2) is 23.6 Å². The molecule has 4 nitrogen and oxygen atoms in total. The van der Waals surface area contributed by atoms with E-state index in [0.717, 1.165) is 5.56 Å². The number of benzene rings is 1. The summed E-state index contributed by atoms with van der Waals surface area (Å²) >= 11 is 10.8. The zero-order valence-corrected chi connectivity index (χ0v) is 10.7. The van der Waals surface area contributed by atoms with Crippen molar-refractivity contribution in [2.75, 3.05) is 22.4 Å². The molecule has 0 atom stereocenters. The van der Waals surface area contributed by atoms with E-state index in [1.165, 1.54) is 0 Å². The first-order valence-electron chi connectivity index (χ1n) is 4.89. The molecular formula is C11H12Cl2N2O2. The van der Waals surface area contributed by atoms with E-state index >= 15 is 0 Å². The quantitative estimate of drug-likeness (QED) is 0.829. The number of hydrogen-bond donors (Lipinski definition) is 2. The zero-order chi connectivity index (χ0) is 12.8. The number of carbonyl (C=O) groups excluding carboxylic acids is 2. The summed E-state index contributed by atoms with van der Waals surface area (Å²) in [4.78, 5) is 22.3. The summed E-state index contributed by atoms with van der Waals surface area (Å²) in [5.74, 6) is -0.818. The van der Waals surface area contributed by atoms with Crippen LogP contribution in [0.1, 0.15) is 5.56 Å². The standard InChI is InChI=1S/C11H12Cl2N2O2/c1-7-8(14-10(16)5-12)3-2-4-9(7)15-11(17)6-13/h2-4H,5-6H2,1H3,(H,14,16)(H,15,17). The summed E-state index contributed by atoms with van der Waals surface area (Å²) in [5, 5.41) is 5.27. The third kappa shape index (κ3) is 3.91. The lowest BCUT2D eigenvalue weighted by atomic mass is 10.1. The average molecular weight is 275 g/mol. The van der Waals surface area contributed by atoms with Gasteiger partial charge in [0.05, 0.1) is 0 Å². The van der Waals surface area contributed by atoms with Gasteiger partial charge in [0.25, 0.3) is 0 Å². The maximum Gasteiger partial charge on any atom is 0.239 e. The number of alkyl halides is 2. The monoisotopic (exact) mass is 274 g/mol. The van der Waals surface area contributed by atoms with Gasteiger partial charge < -0.3 is 10.6 Å². The number of hydrogen-bond acceptors (Lipinski definition) is 2. The SMILES string of the molecule is Cc1c(NC(=O)CCl)cccc1NC(=O)CCl. The van der Waals surface area contributed by atoms with Gasteiger partial charge in [-0.3, -0.25) is 9.59 Å². The molecule has 0 radical (unpaired) electrons. The molecule has 0 aliphatic rings. The molecule has 0 spiro atoms. The van der Waals surface area contributed by atoms with Crippen molar-refractivity contribution in [3.05, 3.63) is 23.8 Å². The van der Waals surface area contributed by atoms with E-state index in [-0.39, 0.29) is 23.6 Å². The topological polar surface area (TPSA) is 58.2 Å². The summed E-state index contributed by atoms with van der Waals surface area (Å²) in [6.45, 7) is 1.79. The van der Waals surface area contributed by atoms with Crippen LogP contribution in [0.5, 0.6) is 0 Å². The molecule has 17 heavy (non-hydrogen) atoms. The molecule has 1 aromatic rings. The summed E-state index contributed by atoms with van der Waals surface area (Å²) in [7, 11) is 0. The summed E-state index contributed by atoms with van der Waals surface area (Å²) in [5.41, 5.74) is 1.98. The molecule has 0 aliphatic heterocycles. The van der Waals surface area contributed by atoms with Crippen LogP contribution in [-0.2, 0) is 9.59 Å². The van der Waals surface area contributed by atoms with Gasteiger partial charge in [0.2, 0.25) is 11.8 Å². The third-order valence-corrected chi connectivity index (χ3v) is 2.61. The van der Waals surface area contributed by atoms with Crippen LogP contribution in [0.2, 0.25) is 0 Å². The number of amides is 2. The summed E-state index contributed by atoms with van der Waals surface area (Å²) < 4.78 is 0. The molecule has 1 rings (SSSR count). The fourth-order valence-corrected chi connectivity index (χ4v) is 1.41. The van der Waals surface area contributed by atoms with Gasteiger partial charge in [-0.05, 0) is 24.6 Å². The molecule has 92 valence electrons. The van der Waals surface area contributed by atoms with Crippen molar-refractivity contribution in [2.24, 2.45) is 0 Å². The molecule has 6 heteroatoms. The first-order chi connectivity index (χ1) is 8.08. The van der Waals surface area contributed by atoms with Crippen molar-refractivity contribution >= 4 is 46.4 Å². The Labute approximate surface area is 109 Å².